The van der Waals surface area contributed by atoms with Crippen molar-refractivity contribution in [2.45, 2.75) is 38.5 Å². The van der Waals surface area contributed by atoms with E-state index in [1.165, 1.54) is 55.6 Å². The van der Waals surface area contributed by atoms with Crippen molar-refractivity contribution in [3.8, 4) is 44.5 Å². The fourth-order valence-corrected chi connectivity index (χ4v) is 9.77. The SMILES string of the molecule is CC1(C)c2ccccc2-c2ccc(N(c3ccc(-c4ccccc4)cc3)c3ccc(-c4cccc5c4oc4c6c(ccc45)C(C)(C)c4ccccc4-6)cc3)cc21. The lowest BCUT2D eigenvalue weighted by Crippen LogP contribution is -2.16. The molecule has 8 aromatic carbocycles. The van der Waals surface area contributed by atoms with Crippen molar-refractivity contribution in [2.24, 2.45) is 0 Å². The molecule has 2 aliphatic rings. The van der Waals surface area contributed by atoms with Gasteiger partial charge in [0.2, 0.25) is 0 Å². The zero-order chi connectivity index (χ0) is 37.8. The lowest BCUT2D eigenvalue weighted by atomic mass is 9.82. The maximum Gasteiger partial charge on any atom is 0.143 e. The summed E-state index contributed by atoms with van der Waals surface area (Å²) < 4.78 is 6.97. The summed E-state index contributed by atoms with van der Waals surface area (Å²) in [5.74, 6) is 0. The van der Waals surface area contributed by atoms with E-state index in [-0.39, 0.29) is 10.8 Å². The van der Waals surface area contributed by atoms with Crippen molar-refractivity contribution in [3.63, 3.8) is 0 Å². The van der Waals surface area contributed by atoms with E-state index in [9.17, 15) is 0 Å². The van der Waals surface area contributed by atoms with Crippen LogP contribution in [-0.2, 0) is 10.8 Å². The van der Waals surface area contributed by atoms with E-state index in [4.69, 9.17) is 4.42 Å². The van der Waals surface area contributed by atoms with Crippen molar-refractivity contribution < 1.29 is 4.42 Å². The Morgan fingerprint density at radius 1 is 0.357 bits per heavy atom. The van der Waals surface area contributed by atoms with Crippen molar-refractivity contribution in [2.75, 3.05) is 4.90 Å². The summed E-state index contributed by atoms with van der Waals surface area (Å²) in [7, 11) is 0. The monoisotopic (exact) mass is 719 g/mol. The molecule has 0 radical (unpaired) electrons. The van der Waals surface area contributed by atoms with Crippen LogP contribution in [0.15, 0.2) is 180 Å². The van der Waals surface area contributed by atoms with E-state index in [0.717, 1.165) is 50.1 Å². The Morgan fingerprint density at radius 3 is 1.62 bits per heavy atom. The number of fused-ring (bicyclic) bond motifs is 10. The number of para-hydroxylation sites is 1. The molecule has 2 heteroatoms. The minimum absolute atomic E-state index is 0.0793. The van der Waals surface area contributed by atoms with Crippen LogP contribution in [0, 0.1) is 0 Å². The lowest BCUT2D eigenvalue weighted by Gasteiger charge is -2.28. The van der Waals surface area contributed by atoms with E-state index >= 15 is 0 Å². The first-order valence-corrected chi connectivity index (χ1v) is 19.7. The molecule has 11 rings (SSSR count). The summed E-state index contributed by atoms with van der Waals surface area (Å²) in [5, 5.41) is 2.31. The molecular formula is C54H41NO. The second-order valence-electron chi connectivity index (χ2n) is 16.5. The predicted octanol–water partition coefficient (Wildman–Crippen LogP) is 15.0. The predicted molar refractivity (Wildman–Crippen MR) is 234 cm³/mol. The normalized spacial score (nSPS) is 14.4. The van der Waals surface area contributed by atoms with Gasteiger partial charge in [0.25, 0.3) is 0 Å². The number of rotatable bonds is 5. The van der Waals surface area contributed by atoms with Crippen molar-refractivity contribution in [3.05, 3.63) is 198 Å². The highest BCUT2D eigenvalue weighted by molar-refractivity contribution is 6.14. The lowest BCUT2D eigenvalue weighted by molar-refractivity contribution is 0.653. The van der Waals surface area contributed by atoms with Gasteiger partial charge in [0.05, 0.1) is 0 Å². The molecule has 1 heterocycles. The van der Waals surface area contributed by atoms with E-state index < -0.39 is 0 Å². The quantitative estimate of drug-likeness (QED) is 0.176. The highest BCUT2D eigenvalue weighted by atomic mass is 16.3. The molecule has 2 nitrogen and oxygen atoms in total. The minimum Gasteiger partial charge on any atom is -0.455 e. The summed E-state index contributed by atoms with van der Waals surface area (Å²) in [6, 6.07) is 64.4. The van der Waals surface area contributed by atoms with Gasteiger partial charge >= 0.3 is 0 Å². The van der Waals surface area contributed by atoms with Gasteiger partial charge in [-0.3, -0.25) is 0 Å². The molecule has 1 aromatic heterocycles. The van der Waals surface area contributed by atoms with Gasteiger partial charge in [-0.15, -0.1) is 0 Å². The van der Waals surface area contributed by atoms with Gasteiger partial charge < -0.3 is 9.32 Å². The van der Waals surface area contributed by atoms with Gasteiger partial charge in [0.15, 0.2) is 0 Å². The third kappa shape index (κ3) is 4.69. The molecule has 9 aromatic rings. The molecule has 0 amide bonds. The molecule has 0 spiro atoms. The average molecular weight is 720 g/mol. The molecule has 0 fully saturated rings. The molecule has 0 atom stereocenters. The van der Waals surface area contributed by atoms with Crippen LogP contribution in [-0.4, -0.2) is 0 Å². The first kappa shape index (κ1) is 32.8. The summed E-state index contributed by atoms with van der Waals surface area (Å²) in [6.07, 6.45) is 0. The first-order chi connectivity index (χ1) is 27.3. The van der Waals surface area contributed by atoms with Crippen molar-refractivity contribution >= 4 is 39.0 Å². The highest BCUT2D eigenvalue weighted by Crippen LogP contribution is 2.54. The van der Waals surface area contributed by atoms with Gasteiger partial charge in [-0.2, -0.15) is 0 Å². The number of furan rings is 1. The van der Waals surface area contributed by atoms with Crippen molar-refractivity contribution in [1.29, 1.82) is 0 Å². The van der Waals surface area contributed by atoms with Crippen LogP contribution < -0.4 is 4.90 Å². The maximum atomic E-state index is 6.97. The fraction of sp³-hybridized carbons (Fsp3) is 0.111. The van der Waals surface area contributed by atoms with E-state index in [1.54, 1.807) is 0 Å². The van der Waals surface area contributed by atoms with E-state index in [2.05, 4.69) is 209 Å². The molecule has 56 heavy (non-hydrogen) atoms. The summed E-state index contributed by atoms with van der Waals surface area (Å²) >= 11 is 0. The molecule has 0 unspecified atom stereocenters. The van der Waals surface area contributed by atoms with Gasteiger partial charge in [-0.25, -0.2) is 0 Å². The first-order valence-electron chi connectivity index (χ1n) is 19.7. The Kier molecular flexibility index (Phi) is 6.98. The Hall–Kier alpha value is -6.64. The van der Waals surface area contributed by atoms with Crippen LogP contribution in [0.1, 0.15) is 49.9 Å². The molecule has 0 saturated carbocycles. The number of nitrogens with zero attached hydrogens (tertiary/aromatic N) is 1. The molecule has 0 N–H and O–H groups in total. The Morgan fingerprint density at radius 2 is 0.893 bits per heavy atom. The van der Waals surface area contributed by atoms with Crippen LogP contribution in [0.5, 0.6) is 0 Å². The van der Waals surface area contributed by atoms with E-state index in [0.29, 0.717) is 0 Å². The zero-order valence-corrected chi connectivity index (χ0v) is 32.1. The molecule has 0 aliphatic heterocycles. The van der Waals surface area contributed by atoms with Gasteiger partial charge in [0, 0.05) is 49.8 Å². The Balaban J connectivity index is 1.03. The third-order valence-electron chi connectivity index (χ3n) is 12.7. The fourth-order valence-electron chi connectivity index (χ4n) is 9.77. The van der Waals surface area contributed by atoms with Crippen molar-refractivity contribution in [1.82, 2.24) is 0 Å². The zero-order valence-electron chi connectivity index (χ0n) is 32.1. The van der Waals surface area contributed by atoms with Gasteiger partial charge in [-0.1, -0.05) is 167 Å². The summed E-state index contributed by atoms with van der Waals surface area (Å²) in [6.45, 7) is 9.34. The Bertz CT molecular complexity index is 3000. The number of hydrogen-bond acceptors (Lipinski definition) is 2. The topological polar surface area (TPSA) is 16.4 Å². The second kappa shape index (κ2) is 11.9. The molecule has 0 bridgehead atoms. The van der Waals surface area contributed by atoms with Crippen LogP contribution in [0.25, 0.3) is 66.4 Å². The summed E-state index contributed by atoms with van der Waals surface area (Å²) in [5.41, 5.74) is 20.3. The standard InChI is InChI=1S/C54H41NO/c1-53(2)47-20-11-9-16-45(47)50-48(53)32-31-44-43-18-12-17-40(51(43)56-52(44)50)36-23-27-38(28-24-36)55(37-25-21-35(22-26-37)34-13-6-5-7-14-34)39-29-30-42-41-15-8-10-19-46(41)54(3,4)49(42)33-39/h5-33H,1-4H3. The number of anilines is 3. The molecule has 268 valence electrons. The van der Waals surface area contributed by atoms with Crippen LogP contribution >= 0.6 is 0 Å². The maximum absolute atomic E-state index is 6.97. The number of benzene rings is 8. The van der Waals surface area contributed by atoms with Gasteiger partial charge in [0.1, 0.15) is 11.2 Å². The minimum atomic E-state index is -0.0994. The molecule has 2 aliphatic carbocycles. The van der Waals surface area contributed by atoms with Crippen LogP contribution in [0.3, 0.4) is 0 Å². The average Bonchev–Trinajstić information content (AvgIpc) is 3.82. The summed E-state index contributed by atoms with van der Waals surface area (Å²) in [4.78, 5) is 2.39. The Labute approximate surface area is 328 Å². The second-order valence-corrected chi connectivity index (χ2v) is 16.5. The largest absolute Gasteiger partial charge is 0.455 e. The van der Waals surface area contributed by atoms with Crippen LogP contribution in [0.4, 0.5) is 17.1 Å². The van der Waals surface area contributed by atoms with Gasteiger partial charge in [-0.05, 0) is 92.0 Å². The molecular weight excluding hydrogens is 679 g/mol. The molecule has 0 saturated heterocycles. The van der Waals surface area contributed by atoms with Crippen LogP contribution in [0.2, 0.25) is 0 Å². The smallest absolute Gasteiger partial charge is 0.143 e. The van der Waals surface area contributed by atoms with E-state index in [1.807, 2.05) is 0 Å². The third-order valence-corrected chi connectivity index (χ3v) is 12.7. The highest BCUT2D eigenvalue weighted by Gasteiger charge is 2.38. The number of hydrogen-bond donors (Lipinski definition) is 0.